The van der Waals surface area contributed by atoms with E-state index in [0.717, 1.165) is 0 Å². The van der Waals surface area contributed by atoms with Crippen LogP contribution in [-0.4, -0.2) is 21.2 Å². The van der Waals surface area contributed by atoms with Crippen LogP contribution in [0.3, 0.4) is 0 Å². The SMILES string of the molecule is C=C[CH](C)[Pb]([c]1ccccc1)([c]1ccccc1)[c]1ccccc1. The summed E-state index contributed by atoms with van der Waals surface area (Å²) in [7, 11) is 0. The third kappa shape index (κ3) is 2.92. The van der Waals surface area contributed by atoms with Crippen molar-refractivity contribution in [2.24, 2.45) is 0 Å². The monoisotopic (exact) mass is 494 g/mol. The molecule has 0 aromatic heterocycles. The maximum absolute atomic E-state index is 4.16. The first-order valence-electron chi connectivity index (χ1n) is 8.09. The predicted molar refractivity (Wildman–Crippen MR) is 104 cm³/mol. The van der Waals surface area contributed by atoms with Gasteiger partial charge in [0.2, 0.25) is 0 Å². The molecular weight excluding hydrogens is 471 g/mol. The Labute approximate surface area is 144 Å². The Balaban J connectivity index is 2.38. The molecule has 0 N–H and O–H groups in total. The molecule has 0 bridgehead atoms. The molecule has 3 rings (SSSR count). The molecule has 0 spiro atoms. The van der Waals surface area contributed by atoms with E-state index in [9.17, 15) is 0 Å². The van der Waals surface area contributed by atoms with Crippen LogP contribution in [0, 0.1) is 0 Å². The van der Waals surface area contributed by atoms with E-state index in [1.165, 1.54) is 9.37 Å². The maximum atomic E-state index is 4.16. The second-order valence-electron chi connectivity index (χ2n) is 5.93. The summed E-state index contributed by atoms with van der Waals surface area (Å²) < 4.78 is 5.04. The summed E-state index contributed by atoms with van der Waals surface area (Å²) >= 11 is -3.29. The van der Waals surface area contributed by atoms with E-state index in [2.05, 4.69) is 111 Å². The van der Waals surface area contributed by atoms with Crippen LogP contribution in [0.5, 0.6) is 0 Å². The number of hydrogen-bond acceptors (Lipinski definition) is 0. The number of hydrogen-bond donors (Lipinski definition) is 0. The molecule has 0 radical (unpaired) electrons. The molecule has 0 aliphatic carbocycles. The second-order valence-corrected chi connectivity index (χ2v) is 22.5. The van der Waals surface area contributed by atoms with Crippen molar-refractivity contribution in [1.29, 1.82) is 0 Å². The summed E-state index contributed by atoms with van der Waals surface area (Å²) in [6.45, 7) is 6.51. The van der Waals surface area contributed by atoms with Crippen molar-refractivity contribution in [2.75, 3.05) is 0 Å². The first-order valence-corrected chi connectivity index (χ1v) is 16.2. The van der Waals surface area contributed by atoms with Gasteiger partial charge in [-0.3, -0.25) is 0 Å². The van der Waals surface area contributed by atoms with Gasteiger partial charge < -0.3 is 0 Å². The van der Waals surface area contributed by atoms with E-state index < -0.39 is 21.2 Å². The normalized spacial score (nSPS) is 12.6. The molecule has 1 heteroatoms. The van der Waals surface area contributed by atoms with Gasteiger partial charge in [0.25, 0.3) is 0 Å². The summed E-state index contributed by atoms with van der Waals surface area (Å²) in [6, 6.07) is 33.3. The average Bonchev–Trinajstić information content (AvgIpc) is 2.65. The molecule has 0 amide bonds. The van der Waals surface area contributed by atoms with E-state index in [0.29, 0.717) is 3.48 Å². The van der Waals surface area contributed by atoms with Gasteiger partial charge in [0, 0.05) is 0 Å². The van der Waals surface area contributed by atoms with Crippen molar-refractivity contribution in [1.82, 2.24) is 0 Å². The molecule has 1 unspecified atom stereocenters. The molecular formula is C22H22Pb. The van der Waals surface area contributed by atoms with Gasteiger partial charge in [0.15, 0.2) is 0 Å². The molecule has 114 valence electrons. The summed E-state index contributed by atoms with van der Waals surface area (Å²) in [4.78, 5) is 0. The van der Waals surface area contributed by atoms with Crippen molar-refractivity contribution in [2.45, 2.75) is 10.4 Å². The predicted octanol–water partition coefficient (Wildman–Crippen LogP) is 3.73. The summed E-state index contributed by atoms with van der Waals surface area (Å²) in [5.74, 6) is 0. The third-order valence-electron chi connectivity index (χ3n) is 4.72. The van der Waals surface area contributed by atoms with Crippen molar-refractivity contribution in [3.8, 4) is 0 Å². The van der Waals surface area contributed by atoms with E-state index in [-0.39, 0.29) is 0 Å². The topological polar surface area (TPSA) is 0 Å². The van der Waals surface area contributed by atoms with Crippen molar-refractivity contribution in [3.63, 3.8) is 0 Å². The minimum atomic E-state index is -3.29. The molecule has 1 atom stereocenters. The Bertz CT molecular complexity index is 651. The fourth-order valence-corrected chi connectivity index (χ4v) is 23.3. The average molecular weight is 494 g/mol. The fraction of sp³-hybridized carbons (Fsp3) is 0.0909. The van der Waals surface area contributed by atoms with Crippen LogP contribution in [-0.2, 0) is 0 Å². The van der Waals surface area contributed by atoms with Gasteiger partial charge in [-0.25, -0.2) is 0 Å². The van der Waals surface area contributed by atoms with Crippen molar-refractivity contribution >= 4 is 30.5 Å². The number of allylic oxidation sites excluding steroid dienone is 1. The molecule has 23 heavy (non-hydrogen) atoms. The molecule has 0 saturated carbocycles. The van der Waals surface area contributed by atoms with Crippen LogP contribution in [0.4, 0.5) is 0 Å². The van der Waals surface area contributed by atoms with Crippen LogP contribution >= 0.6 is 0 Å². The first kappa shape index (κ1) is 16.2. The van der Waals surface area contributed by atoms with E-state index in [1.54, 1.807) is 0 Å². The molecule has 0 saturated heterocycles. The molecule has 0 aliphatic heterocycles. The van der Waals surface area contributed by atoms with Crippen molar-refractivity contribution in [3.05, 3.63) is 104 Å². The quantitative estimate of drug-likeness (QED) is 0.375. The second kappa shape index (κ2) is 7.26. The van der Waals surface area contributed by atoms with Gasteiger partial charge in [0.1, 0.15) is 0 Å². The zero-order valence-corrected chi connectivity index (χ0v) is 17.4. The van der Waals surface area contributed by atoms with Crippen LogP contribution in [0.25, 0.3) is 0 Å². The summed E-state index contributed by atoms with van der Waals surface area (Å²) in [5, 5.41) is 0. The fourth-order valence-electron chi connectivity index (χ4n) is 3.57. The van der Waals surface area contributed by atoms with Gasteiger partial charge in [-0.2, -0.15) is 0 Å². The molecule has 0 fully saturated rings. The van der Waals surface area contributed by atoms with Crippen LogP contribution in [0.15, 0.2) is 104 Å². The van der Waals surface area contributed by atoms with Gasteiger partial charge in [-0.15, -0.1) is 0 Å². The molecule has 0 heterocycles. The van der Waals surface area contributed by atoms with E-state index >= 15 is 0 Å². The van der Waals surface area contributed by atoms with Gasteiger partial charge in [-0.1, -0.05) is 0 Å². The first-order chi connectivity index (χ1) is 11.3. The van der Waals surface area contributed by atoms with Gasteiger partial charge >= 0.3 is 145 Å². The Morgan fingerprint density at radius 3 is 1.22 bits per heavy atom. The van der Waals surface area contributed by atoms with Crippen molar-refractivity contribution < 1.29 is 0 Å². The summed E-state index contributed by atoms with van der Waals surface area (Å²) in [5.41, 5.74) is 0. The zero-order chi connectivity index (χ0) is 16.1. The summed E-state index contributed by atoms with van der Waals surface area (Å²) in [6.07, 6.45) is 2.16. The Kier molecular flexibility index (Phi) is 5.11. The Morgan fingerprint density at radius 2 is 0.957 bits per heavy atom. The van der Waals surface area contributed by atoms with E-state index in [4.69, 9.17) is 0 Å². The number of benzene rings is 3. The molecule has 0 aliphatic rings. The zero-order valence-electron chi connectivity index (χ0n) is 13.5. The Hall–Kier alpha value is -1.68. The third-order valence-corrected chi connectivity index (χ3v) is 25.5. The van der Waals surface area contributed by atoms with E-state index in [1.807, 2.05) is 0 Å². The minimum absolute atomic E-state index is 0.481. The van der Waals surface area contributed by atoms with Gasteiger partial charge in [-0.05, 0) is 0 Å². The molecule has 3 aromatic carbocycles. The molecule has 0 nitrogen and oxygen atoms in total. The molecule has 3 aromatic rings. The standard InChI is InChI=1S/3C6H5.C4H7.Pb/c3*1-2-4-6-5-3-1;1-3-4-2;/h3*1-5H;3-4H,1H2,2H3;. The Morgan fingerprint density at radius 1 is 0.652 bits per heavy atom. The van der Waals surface area contributed by atoms with Crippen LogP contribution in [0.1, 0.15) is 6.92 Å². The van der Waals surface area contributed by atoms with Gasteiger partial charge in [0.05, 0.1) is 0 Å². The van der Waals surface area contributed by atoms with Crippen LogP contribution in [0.2, 0.25) is 3.48 Å². The number of rotatable bonds is 5. The van der Waals surface area contributed by atoms with Crippen LogP contribution < -0.4 is 9.37 Å².